The molecule has 0 amide bonds. The van der Waals surface area contributed by atoms with E-state index in [-0.39, 0.29) is 0 Å². The summed E-state index contributed by atoms with van der Waals surface area (Å²) in [6, 6.07) is 3.55. The standard InChI is InChI=1S/C11H11Cl2NO/c1-6-8(2-3-14)9-4-7(12)5-10(13)11(9)15-6/h4-5H,2-3,14H2,1H3. The van der Waals surface area contributed by atoms with Crippen LogP contribution in [0.15, 0.2) is 16.5 Å². The van der Waals surface area contributed by atoms with E-state index in [0.29, 0.717) is 22.2 Å². The smallest absolute Gasteiger partial charge is 0.153 e. The highest BCUT2D eigenvalue weighted by Gasteiger charge is 2.13. The normalized spacial score (nSPS) is 11.2. The molecule has 0 unspecified atom stereocenters. The quantitative estimate of drug-likeness (QED) is 0.877. The average Bonchev–Trinajstić information content (AvgIpc) is 2.46. The highest BCUT2D eigenvalue weighted by Crippen LogP contribution is 2.33. The van der Waals surface area contributed by atoms with Gasteiger partial charge < -0.3 is 10.2 Å². The number of rotatable bonds is 2. The Kier molecular flexibility index (Phi) is 2.91. The molecule has 4 heteroatoms. The van der Waals surface area contributed by atoms with Crippen LogP contribution in [-0.2, 0) is 6.42 Å². The van der Waals surface area contributed by atoms with Crippen molar-refractivity contribution < 1.29 is 4.42 Å². The van der Waals surface area contributed by atoms with Gasteiger partial charge in [-0.25, -0.2) is 0 Å². The average molecular weight is 244 g/mol. The summed E-state index contributed by atoms with van der Waals surface area (Å²) in [6.07, 6.45) is 0.773. The Bertz CT molecular complexity index is 505. The molecule has 2 nitrogen and oxygen atoms in total. The molecule has 1 heterocycles. The van der Waals surface area contributed by atoms with Gasteiger partial charge >= 0.3 is 0 Å². The van der Waals surface area contributed by atoms with Gasteiger partial charge in [-0.3, -0.25) is 0 Å². The van der Waals surface area contributed by atoms with Gasteiger partial charge in [0.15, 0.2) is 5.58 Å². The van der Waals surface area contributed by atoms with Crippen LogP contribution < -0.4 is 5.73 Å². The molecular weight excluding hydrogens is 233 g/mol. The maximum atomic E-state index is 6.04. The van der Waals surface area contributed by atoms with Crippen LogP contribution in [0.1, 0.15) is 11.3 Å². The zero-order valence-electron chi connectivity index (χ0n) is 8.31. The van der Waals surface area contributed by atoms with E-state index in [9.17, 15) is 0 Å². The number of nitrogens with two attached hydrogens (primary N) is 1. The van der Waals surface area contributed by atoms with Crippen molar-refractivity contribution in [1.82, 2.24) is 0 Å². The first-order valence-electron chi connectivity index (χ1n) is 4.70. The largest absolute Gasteiger partial charge is 0.460 e. The minimum atomic E-state index is 0.545. The van der Waals surface area contributed by atoms with Gasteiger partial charge in [-0.05, 0) is 32.0 Å². The van der Waals surface area contributed by atoms with Crippen LogP contribution in [-0.4, -0.2) is 6.54 Å². The molecule has 2 rings (SSSR count). The topological polar surface area (TPSA) is 39.2 Å². The molecule has 0 saturated heterocycles. The Morgan fingerprint density at radius 2 is 2.07 bits per heavy atom. The van der Waals surface area contributed by atoms with Crippen LogP contribution in [0.2, 0.25) is 10.0 Å². The van der Waals surface area contributed by atoms with Gasteiger partial charge in [-0.2, -0.15) is 0 Å². The van der Waals surface area contributed by atoms with E-state index < -0.39 is 0 Å². The second-order valence-electron chi connectivity index (χ2n) is 3.44. The van der Waals surface area contributed by atoms with Gasteiger partial charge in [-0.1, -0.05) is 23.2 Å². The Labute approximate surface area is 97.9 Å². The number of furan rings is 1. The molecule has 1 aromatic heterocycles. The number of benzene rings is 1. The summed E-state index contributed by atoms with van der Waals surface area (Å²) in [5.74, 6) is 0.861. The van der Waals surface area contributed by atoms with Gasteiger partial charge in [0.2, 0.25) is 0 Å². The summed E-state index contributed by atoms with van der Waals surface area (Å²) in [6.45, 7) is 2.49. The minimum absolute atomic E-state index is 0.545. The first-order chi connectivity index (χ1) is 7.13. The minimum Gasteiger partial charge on any atom is -0.460 e. The van der Waals surface area contributed by atoms with Crippen molar-refractivity contribution in [3.63, 3.8) is 0 Å². The van der Waals surface area contributed by atoms with E-state index in [4.69, 9.17) is 33.4 Å². The highest BCUT2D eigenvalue weighted by atomic mass is 35.5. The van der Waals surface area contributed by atoms with Crippen LogP contribution >= 0.6 is 23.2 Å². The summed E-state index contributed by atoms with van der Waals surface area (Å²) in [5.41, 5.74) is 7.34. The number of fused-ring (bicyclic) bond motifs is 1. The van der Waals surface area contributed by atoms with Gasteiger partial charge in [0.1, 0.15) is 5.76 Å². The summed E-state index contributed by atoms with van der Waals surface area (Å²) in [7, 11) is 0. The third kappa shape index (κ3) is 1.85. The van der Waals surface area contributed by atoms with Crippen molar-refractivity contribution in [2.75, 3.05) is 6.54 Å². The number of halogens is 2. The van der Waals surface area contributed by atoms with Gasteiger partial charge in [0.25, 0.3) is 0 Å². The molecule has 1 aromatic carbocycles. The van der Waals surface area contributed by atoms with Crippen LogP contribution in [0.4, 0.5) is 0 Å². The monoisotopic (exact) mass is 243 g/mol. The zero-order valence-corrected chi connectivity index (χ0v) is 9.82. The fourth-order valence-electron chi connectivity index (χ4n) is 1.75. The van der Waals surface area contributed by atoms with E-state index >= 15 is 0 Å². The first-order valence-corrected chi connectivity index (χ1v) is 5.46. The fraction of sp³-hybridized carbons (Fsp3) is 0.273. The van der Waals surface area contributed by atoms with Crippen LogP contribution in [0.3, 0.4) is 0 Å². The van der Waals surface area contributed by atoms with Gasteiger partial charge in [0.05, 0.1) is 5.02 Å². The van der Waals surface area contributed by atoms with Crippen molar-refractivity contribution >= 4 is 34.2 Å². The Balaban J connectivity index is 2.74. The fourth-order valence-corrected chi connectivity index (χ4v) is 2.28. The number of aryl methyl sites for hydroxylation is 1. The Morgan fingerprint density at radius 3 is 2.73 bits per heavy atom. The molecule has 0 radical (unpaired) electrons. The van der Waals surface area contributed by atoms with Crippen LogP contribution in [0.5, 0.6) is 0 Å². The second kappa shape index (κ2) is 4.05. The van der Waals surface area contributed by atoms with Crippen molar-refractivity contribution in [3.05, 3.63) is 33.5 Å². The maximum Gasteiger partial charge on any atom is 0.153 e. The lowest BCUT2D eigenvalue weighted by Crippen LogP contribution is -2.02. The summed E-state index contributed by atoms with van der Waals surface area (Å²) in [5, 5.41) is 2.13. The molecule has 0 fully saturated rings. The van der Waals surface area contributed by atoms with E-state index in [1.807, 2.05) is 13.0 Å². The molecule has 0 spiro atoms. The Morgan fingerprint density at radius 1 is 1.33 bits per heavy atom. The molecule has 0 saturated carbocycles. The molecular formula is C11H11Cl2NO. The van der Waals surface area contributed by atoms with Crippen LogP contribution in [0.25, 0.3) is 11.0 Å². The third-order valence-electron chi connectivity index (χ3n) is 2.41. The Hall–Kier alpha value is -0.700. The SMILES string of the molecule is Cc1oc2c(Cl)cc(Cl)cc2c1CCN. The van der Waals surface area contributed by atoms with Crippen molar-refractivity contribution in [2.24, 2.45) is 5.73 Å². The van der Waals surface area contributed by atoms with E-state index in [0.717, 1.165) is 23.1 Å². The molecule has 0 aliphatic heterocycles. The van der Waals surface area contributed by atoms with E-state index in [1.165, 1.54) is 0 Å². The predicted octanol–water partition coefficient (Wildman–Crippen LogP) is 3.55. The van der Waals surface area contributed by atoms with Crippen LogP contribution in [0, 0.1) is 6.92 Å². The molecule has 0 aliphatic carbocycles. The molecule has 0 bridgehead atoms. The van der Waals surface area contributed by atoms with Gasteiger partial charge in [0, 0.05) is 16.0 Å². The maximum absolute atomic E-state index is 6.04. The van der Waals surface area contributed by atoms with E-state index in [1.54, 1.807) is 6.07 Å². The summed E-state index contributed by atoms with van der Waals surface area (Å²) < 4.78 is 5.59. The summed E-state index contributed by atoms with van der Waals surface area (Å²) >= 11 is 12.0. The zero-order chi connectivity index (χ0) is 11.0. The van der Waals surface area contributed by atoms with E-state index in [2.05, 4.69) is 0 Å². The molecule has 2 N–H and O–H groups in total. The molecule has 15 heavy (non-hydrogen) atoms. The predicted molar refractivity (Wildman–Crippen MR) is 63.7 cm³/mol. The lowest BCUT2D eigenvalue weighted by Gasteiger charge is -1.97. The number of hydrogen-bond donors (Lipinski definition) is 1. The molecule has 0 atom stereocenters. The molecule has 0 aliphatic rings. The van der Waals surface area contributed by atoms with Gasteiger partial charge in [-0.15, -0.1) is 0 Å². The lowest BCUT2D eigenvalue weighted by molar-refractivity contribution is 0.572. The first kappa shape index (κ1) is 10.8. The molecule has 2 aromatic rings. The lowest BCUT2D eigenvalue weighted by atomic mass is 10.1. The third-order valence-corrected chi connectivity index (χ3v) is 2.91. The number of hydrogen-bond acceptors (Lipinski definition) is 2. The molecule has 80 valence electrons. The second-order valence-corrected chi connectivity index (χ2v) is 4.28. The van der Waals surface area contributed by atoms with Crippen molar-refractivity contribution in [1.29, 1.82) is 0 Å². The highest BCUT2D eigenvalue weighted by molar-refractivity contribution is 6.38. The van der Waals surface area contributed by atoms with Crippen molar-refractivity contribution in [3.8, 4) is 0 Å². The summed E-state index contributed by atoms with van der Waals surface area (Å²) in [4.78, 5) is 0. The van der Waals surface area contributed by atoms with Crippen molar-refractivity contribution in [2.45, 2.75) is 13.3 Å².